The molecule has 0 saturated carbocycles. The van der Waals surface area contributed by atoms with Crippen molar-refractivity contribution in [2.45, 2.75) is 33.3 Å². The lowest BCUT2D eigenvalue weighted by Gasteiger charge is -2.14. The van der Waals surface area contributed by atoms with Crippen LogP contribution in [0.2, 0.25) is 0 Å². The van der Waals surface area contributed by atoms with Gasteiger partial charge in [0.15, 0.2) is 0 Å². The third-order valence-electron chi connectivity index (χ3n) is 5.14. The van der Waals surface area contributed by atoms with Gasteiger partial charge in [-0.25, -0.2) is 9.59 Å². The molecule has 2 aromatic carbocycles. The second-order valence-electron chi connectivity index (χ2n) is 7.34. The molecule has 0 amide bonds. The van der Waals surface area contributed by atoms with Crippen LogP contribution in [0.3, 0.4) is 0 Å². The highest BCUT2D eigenvalue weighted by Gasteiger charge is 2.16. The Balaban J connectivity index is 1.76. The molecule has 0 unspecified atom stereocenters. The number of fused-ring (bicyclic) bond motifs is 1. The molecule has 0 aliphatic rings. The summed E-state index contributed by atoms with van der Waals surface area (Å²) in [5.74, 6) is -0.155. The number of aryl methyl sites for hydroxylation is 2. The molecule has 0 fully saturated rings. The standard InChI is InChI=1S/C25H22O6/c1-3-7-17-10-20-19(16-8-5-4-6-9-16)12-24(26)31-22(20)13-21(17)29-14-18-11-23(25(27)28)30-15(18)2/h4-6,8-13H,3,7,14H2,1-2H3,(H,27,28). The monoisotopic (exact) mass is 418 g/mol. The summed E-state index contributed by atoms with van der Waals surface area (Å²) in [5.41, 5.74) is 3.40. The fraction of sp³-hybridized carbons (Fsp3) is 0.200. The van der Waals surface area contributed by atoms with Crippen molar-refractivity contribution >= 4 is 16.9 Å². The number of carboxylic acid groups (broad SMARTS) is 1. The van der Waals surface area contributed by atoms with Gasteiger partial charge < -0.3 is 18.7 Å². The molecule has 0 atom stereocenters. The first-order chi connectivity index (χ1) is 15.0. The Morgan fingerprint density at radius 1 is 1.03 bits per heavy atom. The molecule has 1 N–H and O–H groups in total. The first-order valence-electron chi connectivity index (χ1n) is 10.1. The molecule has 2 heterocycles. The fourth-order valence-corrected chi connectivity index (χ4v) is 3.61. The van der Waals surface area contributed by atoms with Crippen molar-refractivity contribution in [3.8, 4) is 16.9 Å². The highest BCUT2D eigenvalue weighted by atomic mass is 16.5. The van der Waals surface area contributed by atoms with Crippen LogP contribution in [-0.2, 0) is 13.0 Å². The summed E-state index contributed by atoms with van der Waals surface area (Å²) in [6.07, 6.45) is 1.69. The predicted molar refractivity (Wildman–Crippen MR) is 117 cm³/mol. The topological polar surface area (TPSA) is 89.9 Å². The van der Waals surface area contributed by atoms with Gasteiger partial charge >= 0.3 is 11.6 Å². The maximum Gasteiger partial charge on any atom is 0.371 e. The molecular weight excluding hydrogens is 396 g/mol. The summed E-state index contributed by atoms with van der Waals surface area (Å²) in [6, 6.07) is 16.4. The van der Waals surface area contributed by atoms with Crippen LogP contribution in [0.15, 0.2) is 68.2 Å². The molecule has 0 bridgehead atoms. The van der Waals surface area contributed by atoms with E-state index in [-0.39, 0.29) is 12.4 Å². The molecule has 6 heteroatoms. The molecule has 4 rings (SSSR count). The van der Waals surface area contributed by atoms with Crippen LogP contribution in [0.25, 0.3) is 22.1 Å². The molecule has 6 nitrogen and oxygen atoms in total. The predicted octanol–water partition coefficient (Wildman–Crippen LogP) is 5.59. The van der Waals surface area contributed by atoms with Crippen LogP contribution in [-0.4, -0.2) is 11.1 Å². The summed E-state index contributed by atoms with van der Waals surface area (Å²) in [6.45, 7) is 3.92. The van der Waals surface area contributed by atoms with Crippen molar-refractivity contribution in [1.29, 1.82) is 0 Å². The fourth-order valence-electron chi connectivity index (χ4n) is 3.61. The molecule has 4 aromatic rings. The zero-order valence-electron chi connectivity index (χ0n) is 17.3. The number of aromatic carboxylic acids is 1. The Bertz CT molecular complexity index is 1300. The second-order valence-corrected chi connectivity index (χ2v) is 7.34. The number of hydrogen-bond donors (Lipinski definition) is 1. The number of ether oxygens (including phenoxy) is 1. The van der Waals surface area contributed by atoms with E-state index < -0.39 is 11.6 Å². The normalized spacial score (nSPS) is 11.0. The molecule has 0 spiro atoms. The summed E-state index contributed by atoms with van der Waals surface area (Å²) in [4.78, 5) is 23.3. The second kappa shape index (κ2) is 8.52. The molecule has 0 radical (unpaired) electrons. The SMILES string of the molecule is CCCc1cc2c(-c3ccccc3)cc(=O)oc2cc1OCc1cc(C(=O)O)oc1C. The minimum Gasteiger partial charge on any atom is -0.488 e. The van der Waals surface area contributed by atoms with E-state index in [0.29, 0.717) is 22.7 Å². The lowest BCUT2D eigenvalue weighted by atomic mass is 9.98. The van der Waals surface area contributed by atoms with Crippen molar-refractivity contribution in [2.75, 3.05) is 0 Å². The summed E-state index contributed by atoms with van der Waals surface area (Å²) in [7, 11) is 0. The number of benzene rings is 2. The van der Waals surface area contributed by atoms with Gasteiger partial charge in [0.05, 0.1) is 0 Å². The highest BCUT2D eigenvalue weighted by molar-refractivity contribution is 5.94. The smallest absolute Gasteiger partial charge is 0.371 e. The number of hydrogen-bond acceptors (Lipinski definition) is 5. The average Bonchev–Trinajstić information content (AvgIpc) is 3.13. The molecular formula is C25H22O6. The maximum absolute atomic E-state index is 12.2. The molecule has 0 saturated heterocycles. The Kier molecular flexibility index (Phi) is 5.62. The van der Waals surface area contributed by atoms with Crippen molar-refractivity contribution in [3.63, 3.8) is 0 Å². The van der Waals surface area contributed by atoms with Gasteiger partial charge in [0.2, 0.25) is 5.76 Å². The zero-order chi connectivity index (χ0) is 22.0. The molecule has 31 heavy (non-hydrogen) atoms. The van der Waals surface area contributed by atoms with E-state index >= 15 is 0 Å². The van der Waals surface area contributed by atoms with Gasteiger partial charge in [0, 0.05) is 23.1 Å². The van der Waals surface area contributed by atoms with Crippen LogP contribution in [0.1, 0.15) is 40.8 Å². The summed E-state index contributed by atoms with van der Waals surface area (Å²) >= 11 is 0. The first kappa shape index (κ1) is 20.5. The lowest BCUT2D eigenvalue weighted by molar-refractivity contribution is 0.0661. The van der Waals surface area contributed by atoms with Gasteiger partial charge in [-0.3, -0.25) is 0 Å². The van der Waals surface area contributed by atoms with Crippen LogP contribution in [0.4, 0.5) is 0 Å². The number of rotatable bonds is 7. The van der Waals surface area contributed by atoms with E-state index in [2.05, 4.69) is 6.92 Å². The number of carboxylic acids is 1. The third-order valence-corrected chi connectivity index (χ3v) is 5.14. The van der Waals surface area contributed by atoms with E-state index in [0.717, 1.165) is 34.9 Å². The third kappa shape index (κ3) is 4.23. The summed E-state index contributed by atoms with van der Waals surface area (Å²) < 4.78 is 16.8. The minimum absolute atomic E-state index is 0.123. The molecule has 2 aromatic heterocycles. The van der Waals surface area contributed by atoms with Gasteiger partial charge in [-0.05, 0) is 42.2 Å². The van der Waals surface area contributed by atoms with Gasteiger partial charge in [-0.15, -0.1) is 0 Å². The van der Waals surface area contributed by atoms with Crippen LogP contribution in [0.5, 0.6) is 5.75 Å². The van der Waals surface area contributed by atoms with E-state index in [1.54, 1.807) is 13.0 Å². The Morgan fingerprint density at radius 2 is 1.81 bits per heavy atom. The van der Waals surface area contributed by atoms with Crippen LogP contribution < -0.4 is 10.4 Å². The van der Waals surface area contributed by atoms with Crippen molar-refractivity contribution < 1.29 is 23.5 Å². The Labute approximate surface area is 178 Å². The quantitative estimate of drug-likeness (QED) is 0.394. The van der Waals surface area contributed by atoms with Crippen molar-refractivity contribution in [1.82, 2.24) is 0 Å². The van der Waals surface area contributed by atoms with Gasteiger partial charge in [-0.2, -0.15) is 0 Å². The first-order valence-corrected chi connectivity index (χ1v) is 10.1. The van der Waals surface area contributed by atoms with Gasteiger partial charge in [0.25, 0.3) is 0 Å². The Hall–Kier alpha value is -3.80. The summed E-state index contributed by atoms with van der Waals surface area (Å²) in [5, 5.41) is 9.95. The lowest BCUT2D eigenvalue weighted by Crippen LogP contribution is -2.02. The Morgan fingerprint density at radius 3 is 2.48 bits per heavy atom. The van der Waals surface area contributed by atoms with Crippen LogP contribution in [0, 0.1) is 6.92 Å². The van der Waals surface area contributed by atoms with E-state index in [9.17, 15) is 9.59 Å². The highest BCUT2D eigenvalue weighted by Crippen LogP contribution is 2.33. The maximum atomic E-state index is 12.2. The number of furan rings is 1. The molecule has 158 valence electrons. The van der Waals surface area contributed by atoms with Gasteiger partial charge in [-0.1, -0.05) is 43.7 Å². The van der Waals surface area contributed by atoms with E-state index in [1.165, 1.54) is 12.1 Å². The average molecular weight is 418 g/mol. The number of carbonyl (C=O) groups is 1. The largest absolute Gasteiger partial charge is 0.488 e. The van der Waals surface area contributed by atoms with Gasteiger partial charge in [0.1, 0.15) is 23.7 Å². The van der Waals surface area contributed by atoms with E-state index in [4.69, 9.17) is 18.7 Å². The van der Waals surface area contributed by atoms with Crippen LogP contribution >= 0.6 is 0 Å². The van der Waals surface area contributed by atoms with E-state index in [1.807, 2.05) is 36.4 Å². The van der Waals surface area contributed by atoms with Crippen molar-refractivity contribution in [3.05, 3.63) is 87.7 Å². The minimum atomic E-state index is -1.12. The zero-order valence-corrected chi connectivity index (χ0v) is 17.3. The van der Waals surface area contributed by atoms with Crippen molar-refractivity contribution in [2.24, 2.45) is 0 Å². The molecule has 0 aliphatic heterocycles. The molecule has 0 aliphatic carbocycles.